The molecule has 26 heavy (non-hydrogen) atoms. The van der Waals surface area contributed by atoms with Crippen molar-refractivity contribution in [1.82, 2.24) is 10.2 Å². The molecule has 1 aliphatic heterocycles. The molecule has 2 rings (SSSR count). The first kappa shape index (κ1) is 19.9. The van der Waals surface area contributed by atoms with Crippen molar-refractivity contribution in [3.63, 3.8) is 0 Å². The molecule has 1 aromatic rings. The van der Waals surface area contributed by atoms with E-state index in [0.29, 0.717) is 19.4 Å². The van der Waals surface area contributed by atoms with E-state index in [-0.39, 0.29) is 29.1 Å². The van der Waals surface area contributed by atoms with Crippen LogP contribution in [0.25, 0.3) is 0 Å². The van der Waals surface area contributed by atoms with Crippen LogP contribution in [0, 0.1) is 17.6 Å². The largest absolute Gasteiger partial charge is 0.397 e. The Morgan fingerprint density at radius 2 is 1.92 bits per heavy atom. The van der Waals surface area contributed by atoms with Gasteiger partial charge in [0, 0.05) is 25.7 Å². The molecule has 0 aliphatic carbocycles. The van der Waals surface area contributed by atoms with Gasteiger partial charge in [0.05, 0.1) is 11.4 Å². The highest BCUT2D eigenvalue weighted by Gasteiger charge is 2.40. The molecule has 7 nitrogen and oxygen atoms in total. The topological polar surface area (TPSA) is 105 Å². The lowest BCUT2D eigenvalue weighted by Crippen LogP contribution is -2.57. The van der Waals surface area contributed by atoms with E-state index >= 15 is 0 Å². The third kappa shape index (κ3) is 3.72. The molecule has 9 heteroatoms. The number of carbonyl (C=O) groups is 2. The molecule has 2 atom stereocenters. The highest BCUT2D eigenvalue weighted by atomic mass is 19.2. The predicted octanol–water partition coefficient (Wildman–Crippen LogP) is 0.989. The summed E-state index contributed by atoms with van der Waals surface area (Å²) in [5.41, 5.74) is 5.71. The Morgan fingerprint density at radius 3 is 2.50 bits per heavy atom. The van der Waals surface area contributed by atoms with Gasteiger partial charge in [-0.2, -0.15) is 0 Å². The Kier molecular flexibility index (Phi) is 6.01. The molecule has 1 aromatic carbocycles. The number of benzene rings is 1. The van der Waals surface area contributed by atoms with E-state index in [4.69, 9.17) is 11.6 Å². The van der Waals surface area contributed by atoms with Gasteiger partial charge < -0.3 is 16.0 Å². The summed E-state index contributed by atoms with van der Waals surface area (Å²) in [5.74, 6) is 3.05. The van der Waals surface area contributed by atoms with Gasteiger partial charge in [-0.15, -0.1) is 0 Å². The van der Waals surface area contributed by atoms with Crippen LogP contribution in [0.15, 0.2) is 12.1 Å². The summed E-state index contributed by atoms with van der Waals surface area (Å²) in [5, 5.41) is 3.61. The first-order valence-electron chi connectivity index (χ1n) is 8.49. The number of nitrogens with two attached hydrogens (primary N) is 2. The number of amides is 2. The van der Waals surface area contributed by atoms with Gasteiger partial charge in [-0.05, 0) is 18.8 Å². The maximum absolute atomic E-state index is 13.6. The van der Waals surface area contributed by atoms with Gasteiger partial charge in [0.15, 0.2) is 11.6 Å². The number of nitrogen functional groups attached to an aromatic ring is 1. The second-order valence-corrected chi connectivity index (χ2v) is 6.73. The average Bonchev–Trinajstić information content (AvgIpc) is 3.06. The number of halogens is 2. The molecule has 0 aromatic heterocycles. The van der Waals surface area contributed by atoms with Gasteiger partial charge >= 0.3 is 0 Å². The minimum atomic E-state index is -1.11. The number of hydrogen-bond donors (Lipinski definition) is 3. The molecule has 1 saturated heterocycles. The zero-order valence-electron chi connectivity index (χ0n) is 15.1. The molecule has 1 aliphatic rings. The zero-order valence-corrected chi connectivity index (χ0v) is 15.1. The summed E-state index contributed by atoms with van der Waals surface area (Å²) in [6, 6.07) is 0.250. The SMILES string of the molecule is CNC(=O)C1CCCN1C(=O)C(C(C)C)N(N)c1cc(F)c(F)cc1N. The number of hydrazine groups is 1. The molecule has 0 radical (unpaired) electrons. The van der Waals surface area contributed by atoms with Crippen molar-refractivity contribution >= 4 is 23.2 Å². The summed E-state index contributed by atoms with van der Waals surface area (Å²) in [4.78, 5) is 26.6. The number of anilines is 2. The van der Waals surface area contributed by atoms with Crippen molar-refractivity contribution in [2.75, 3.05) is 24.3 Å². The van der Waals surface area contributed by atoms with Gasteiger partial charge in [0.2, 0.25) is 11.8 Å². The molecular formula is C17H25F2N5O2. The lowest BCUT2D eigenvalue weighted by atomic mass is 10.0. The van der Waals surface area contributed by atoms with E-state index in [0.717, 1.165) is 17.1 Å². The molecule has 0 saturated carbocycles. The highest BCUT2D eigenvalue weighted by Crippen LogP contribution is 2.29. The lowest BCUT2D eigenvalue weighted by molar-refractivity contribution is -0.140. The summed E-state index contributed by atoms with van der Waals surface area (Å²) in [6.45, 7) is 3.99. The van der Waals surface area contributed by atoms with Crippen LogP contribution in [0.4, 0.5) is 20.2 Å². The lowest BCUT2D eigenvalue weighted by Gasteiger charge is -2.36. The average molecular weight is 369 g/mol. The number of nitrogens with one attached hydrogen (secondary N) is 1. The van der Waals surface area contributed by atoms with Crippen LogP contribution < -0.4 is 21.9 Å². The minimum Gasteiger partial charge on any atom is -0.397 e. The standard InChI is InChI=1S/C17H25F2N5O2/c1-9(2)15(17(26)23-6-4-5-13(23)16(25)22-3)24(21)14-8-11(19)10(18)7-12(14)20/h7-9,13,15H,4-6,20-21H2,1-3H3,(H,22,25). The first-order valence-corrected chi connectivity index (χ1v) is 8.49. The van der Waals surface area contributed by atoms with Crippen LogP contribution >= 0.6 is 0 Å². The zero-order chi connectivity index (χ0) is 19.6. The molecule has 144 valence electrons. The van der Waals surface area contributed by atoms with E-state index in [9.17, 15) is 18.4 Å². The molecule has 0 spiro atoms. The number of likely N-dealkylation sites (N-methyl/N-ethyl adjacent to an activating group) is 1. The molecule has 5 N–H and O–H groups in total. The van der Waals surface area contributed by atoms with Crippen molar-refractivity contribution in [2.24, 2.45) is 11.8 Å². The van der Waals surface area contributed by atoms with Gasteiger partial charge in [0.25, 0.3) is 0 Å². The van der Waals surface area contributed by atoms with E-state index < -0.39 is 23.7 Å². The van der Waals surface area contributed by atoms with Crippen LogP contribution in [-0.4, -0.2) is 42.4 Å². The number of nitrogens with zero attached hydrogens (tertiary/aromatic N) is 2. The van der Waals surface area contributed by atoms with Crippen molar-refractivity contribution < 1.29 is 18.4 Å². The summed E-state index contributed by atoms with van der Waals surface area (Å²) in [7, 11) is 1.51. The Hall–Kier alpha value is -2.42. The van der Waals surface area contributed by atoms with Crippen LogP contribution in [-0.2, 0) is 9.59 Å². The second-order valence-electron chi connectivity index (χ2n) is 6.73. The first-order chi connectivity index (χ1) is 12.2. The van der Waals surface area contributed by atoms with Crippen LogP contribution in [0.2, 0.25) is 0 Å². The smallest absolute Gasteiger partial charge is 0.247 e. The number of rotatable bonds is 5. The Bertz CT molecular complexity index is 698. The maximum atomic E-state index is 13.6. The Labute approximate surface area is 151 Å². The third-order valence-electron chi connectivity index (χ3n) is 4.62. The van der Waals surface area contributed by atoms with Crippen LogP contribution in [0.1, 0.15) is 26.7 Å². The number of likely N-dealkylation sites (tertiary alicyclic amines) is 1. The van der Waals surface area contributed by atoms with E-state index in [1.807, 2.05) is 0 Å². The van der Waals surface area contributed by atoms with Crippen molar-refractivity contribution in [2.45, 2.75) is 38.8 Å². The van der Waals surface area contributed by atoms with Crippen molar-refractivity contribution in [1.29, 1.82) is 0 Å². The maximum Gasteiger partial charge on any atom is 0.247 e. The fraction of sp³-hybridized carbons (Fsp3) is 0.529. The van der Waals surface area contributed by atoms with E-state index in [1.165, 1.54) is 11.9 Å². The molecule has 1 fully saturated rings. The van der Waals surface area contributed by atoms with Crippen molar-refractivity contribution in [3.8, 4) is 0 Å². The van der Waals surface area contributed by atoms with Gasteiger partial charge in [-0.3, -0.25) is 14.6 Å². The van der Waals surface area contributed by atoms with Gasteiger partial charge in [-0.1, -0.05) is 13.8 Å². The third-order valence-corrected chi connectivity index (χ3v) is 4.62. The Morgan fingerprint density at radius 1 is 1.31 bits per heavy atom. The molecular weight excluding hydrogens is 344 g/mol. The molecule has 1 heterocycles. The predicted molar refractivity (Wildman–Crippen MR) is 94.9 cm³/mol. The molecule has 2 unspecified atom stereocenters. The van der Waals surface area contributed by atoms with E-state index in [1.54, 1.807) is 13.8 Å². The molecule has 0 bridgehead atoms. The fourth-order valence-corrected chi connectivity index (χ4v) is 3.29. The number of hydrogen-bond acceptors (Lipinski definition) is 5. The van der Waals surface area contributed by atoms with E-state index in [2.05, 4.69) is 5.32 Å². The monoisotopic (exact) mass is 369 g/mol. The molecule has 2 amide bonds. The Balaban J connectivity index is 2.35. The summed E-state index contributed by atoms with van der Waals surface area (Å²) >= 11 is 0. The highest BCUT2D eigenvalue weighted by molar-refractivity contribution is 5.92. The minimum absolute atomic E-state index is 0.0200. The van der Waals surface area contributed by atoms with Crippen LogP contribution in [0.5, 0.6) is 0 Å². The summed E-state index contributed by atoms with van der Waals surface area (Å²) < 4.78 is 27.0. The normalized spacial score (nSPS) is 18.1. The second kappa shape index (κ2) is 7.86. The van der Waals surface area contributed by atoms with Crippen molar-refractivity contribution in [3.05, 3.63) is 23.8 Å². The number of carbonyl (C=O) groups excluding carboxylic acids is 2. The van der Waals surface area contributed by atoms with Gasteiger partial charge in [0.1, 0.15) is 12.1 Å². The quantitative estimate of drug-likeness (QED) is 0.408. The van der Waals surface area contributed by atoms with Gasteiger partial charge in [-0.25, -0.2) is 14.6 Å². The van der Waals surface area contributed by atoms with Crippen LogP contribution in [0.3, 0.4) is 0 Å². The summed E-state index contributed by atoms with van der Waals surface area (Å²) in [6.07, 6.45) is 1.26. The fourth-order valence-electron chi connectivity index (χ4n) is 3.29.